The van der Waals surface area contributed by atoms with Gasteiger partial charge < -0.3 is 10.1 Å². The molecular weight excluding hydrogens is 192 g/mol. The zero-order valence-corrected chi connectivity index (χ0v) is 9.95. The van der Waals surface area contributed by atoms with Gasteiger partial charge in [0.15, 0.2) is 0 Å². The molecule has 1 rings (SSSR count). The Morgan fingerprint density at radius 2 is 2.40 bits per heavy atom. The van der Waals surface area contributed by atoms with Gasteiger partial charge in [-0.3, -0.25) is 9.69 Å². The summed E-state index contributed by atoms with van der Waals surface area (Å²) in [6.07, 6.45) is 0.501. The Labute approximate surface area is 92.0 Å². The van der Waals surface area contributed by atoms with E-state index >= 15 is 0 Å². The van der Waals surface area contributed by atoms with E-state index in [1.165, 1.54) is 0 Å². The third kappa shape index (κ3) is 4.18. The summed E-state index contributed by atoms with van der Waals surface area (Å²) in [5, 5.41) is 3.39. The molecule has 1 unspecified atom stereocenters. The van der Waals surface area contributed by atoms with E-state index in [1.54, 1.807) is 0 Å². The molecule has 1 saturated heterocycles. The van der Waals surface area contributed by atoms with Crippen molar-refractivity contribution in [3.8, 4) is 0 Å². The fourth-order valence-electron chi connectivity index (χ4n) is 1.95. The van der Waals surface area contributed by atoms with E-state index in [0.29, 0.717) is 19.1 Å². The van der Waals surface area contributed by atoms with Gasteiger partial charge >= 0.3 is 5.97 Å². The molecule has 0 spiro atoms. The van der Waals surface area contributed by atoms with Gasteiger partial charge in [-0.05, 0) is 20.8 Å². The van der Waals surface area contributed by atoms with Crippen molar-refractivity contribution in [1.82, 2.24) is 10.2 Å². The van der Waals surface area contributed by atoms with Crippen LogP contribution in [0.15, 0.2) is 0 Å². The number of nitrogens with one attached hydrogen (secondary N) is 1. The predicted octanol–water partition coefficient (Wildman–Crippen LogP) is 0.622. The van der Waals surface area contributed by atoms with Crippen LogP contribution in [0, 0.1) is 0 Å². The number of carbonyl (C=O) groups excluding carboxylic acids is 1. The van der Waals surface area contributed by atoms with Gasteiger partial charge in [0.05, 0.1) is 13.0 Å². The maximum Gasteiger partial charge on any atom is 0.307 e. The lowest BCUT2D eigenvalue weighted by atomic mass is 10.1. The molecule has 1 aliphatic heterocycles. The Kier molecular flexibility index (Phi) is 5.05. The summed E-state index contributed by atoms with van der Waals surface area (Å²) >= 11 is 0. The largest absolute Gasteiger partial charge is 0.466 e. The zero-order chi connectivity index (χ0) is 11.3. The molecule has 0 saturated carbocycles. The predicted molar refractivity (Wildman–Crippen MR) is 59.7 cm³/mol. The number of rotatable bonds is 4. The van der Waals surface area contributed by atoms with Gasteiger partial charge in [-0.1, -0.05) is 0 Å². The lowest BCUT2D eigenvalue weighted by molar-refractivity contribution is -0.144. The van der Waals surface area contributed by atoms with Crippen LogP contribution in [-0.4, -0.2) is 49.2 Å². The van der Waals surface area contributed by atoms with E-state index < -0.39 is 0 Å². The Morgan fingerprint density at radius 1 is 1.67 bits per heavy atom. The second-order valence-corrected chi connectivity index (χ2v) is 4.21. The van der Waals surface area contributed by atoms with Gasteiger partial charge in [0.1, 0.15) is 0 Å². The average molecular weight is 214 g/mol. The monoisotopic (exact) mass is 214 g/mol. The second-order valence-electron chi connectivity index (χ2n) is 4.21. The standard InChI is InChI=1S/C11H22N2O2/c1-4-15-11(14)7-10(3)13-6-5-12-9(2)8-13/h9-10,12H,4-8H2,1-3H3/t9-,10?/m1/s1. The molecule has 15 heavy (non-hydrogen) atoms. The van der Waals surface area contributed by atoms with Crippen LogP contribution >= 0.6 is 0 Å². The Balaban J connectivity index is 2.32. The normalized spacial score (nSPS) is 24.9. The van der Waals surface area contributed by atoms with Crippen LogP contribution in [-0.2, 0) is 9.53 Å². The Morgan fingerprint density at radius 3 is 3.00 bits per heavy atom. The van der Waals surface area contributed by atoms with E-state index in [4.69, 9.17) is 4.74 Å². The van der Waals surface area contributed by atoms with Gasteiger partial charge in [0.2, 0.25) is 0 Å². The highest BCUT2D eigenvalue weighted by Gasteiger charge is 2.22. The lowest BCUT2D eigenvalue weighted by Crippen LogP contribution is -2.52. The van der Waals surface area contributed by atoms with Crippen LogP contribution < -0.4 is 5.32 Å². The molecule has 0 aromatic carbocycles. The number of piperazine rings is 1. The number of ether oxygens (including phenoxy) is 1. The third-order valence-electron chi connectivity index (χ3n) is 2.79. The number of hydrogen-bond donors (Lipinski definition) is 1. The molecule has 4 nitrogen and oxygen atoms in total. The summed E-state index contributed by atoms with van der Waals surface area (Å²) in [4.78, 5) is 13.7. The van der Waals surface area contributed by atoms with Crippen molar-refractivity contribution >= 4 is 5.97 Å². The van der Waals surface area contributed by atoms with E-state index in [9.17, 15) is 4.79 Å². The van der Waals surface area contributed by atoms with Crippen LogP contribution in [0.2, 0.25) is 0 Å². The molecule has 1 fully saturated rings. The van der Waals surface area contributed by atoms with Crippen molar-refractivity contribution in [3.05, 3.63) is 0 Å². The molecule has 0 bridgehead atoms. The quantitative estimate of drug-likeness (QED) is 0.697. The zero-order valence-electron chi connectivity index (χ0n) is 9.95. The van der Waals surface area contributed by atoms with Crippen molar-refractivity contribution in [2.75, 3.05) is 26.2 Å². The average Bonchev–Trinajstić information content (AvgIpc) is 2.18. The maximum absolute atomic E-state index is 11.3. The van der Waals surface area contributed by atoms with Crippen molar-refractivity contribution in [2.45, 2.75) is 39.3 Å². The van der Waals surface area contributed by atoms with E-state index in [1.807, 2.05) is 6.92 Å². The van der Waals surface area contributed by atoms with Gasteiger partial charge in [-0.25, -0.2) is 0 Å². The summed E-state index contributed by atoms with van der Waals surface area (Å²) in [6.45, 7) is 9.62. The van der Waals surface area contributed by atoms with Crippen LogP contribution in [0.4, 0.5) is 0 Å². The summed E-state index contributed by atoms with van der Waals surface area (Å²) in [7, 11) is 0. The van der Waals surface area contributed by atoms with Gasteiger partial charge in [-0.15, -0.1) is 0 Å². The minimum atomic E-state index is -0.0869. The summed E-state index contributed by atoms with van der Waals surface area (Å²) in [6, 6.07) is 0.803. The first-order chi connectivity index (χ1) is 7.13. The molecule has 4 heteroatoms. The maximum atomic E-state index is 11.3. The van der Waals surface area contributed by atoms with Gasteiger partial charge in [0, 0.05) is 31.7 Å². The molecular formula is C11H22N2O2. The van der Waals surface area contributed by atoms with E-state index in [2.05, 4.69) is 24.1 Å². The molecule has 0 aromatic heterocycles. The summed E-state index contributed by atoms with van der Waals surface area (Å²) in [5.74, 6) is -0.0869. The highest BCUT2D eigenvalue weighted by atomic mass is 16.5. The minimum absolute atomic E-state index is 0.0869. The highest BCUT2D eigenvalue weighted by Crippen LogP contribution is 2.08. The van der Waals surface area contributed by atoms with Crippen LogP contribution in [0.5, 0.6) is 0 Å². The van der Waals surface area contributed by atoms with Crippen LogP contribution in [0.3, 0.4) is 0 Å². The topological polar surface area (TPSA) is 41.6 Å². The highest BCUT2D eigenvalue weighted by molar-refractivity contribution is 5.70. The molecule has 1 aliphatic rings. The second kappa shape index (κ2) is 6.08. The lowest BCUT2D eigenvalue weighted by Gasteiger charge is -2.35. The Hall–Kier alpha value is -0.610. The van der Waals surface area contributed by atoms with E-state index in [-0.39, 0.29) is 12.0 Å². The number of hydrogen-bond acceptors (Lipinski definition) is 4. The first-order valence-corrected chi connectivity index (χ1v) is 5.76. The molecule has 1 heterocycles. The number of carbonyl (C=O) groups is 1. The Bertz CT molecular complexity index is 209. The summed E-state index contributed by atoms with van der Waals surface area (Å²) < 4.78 is 4.95. The third-order valence-corrected chi connectivity index (χ3v) is 2.79. The fraction of sp³-hybridized carbons (Fsp3) is 0.909. The molecule has 2 atom stereocenters. The van der Waals surface area contributed by atoms with Crippen molar-refractivity contribution < 1.29 is 9.53 Å². The molecule has 0 aromatic rings. The van der Waals surface area contributed by atoms with Gasteiger partial charge in [-0.2, -0.15) is 0 Å². The van der Waals surface area contributed by atoms with Crippen LogP contribution in [0.1, 0.15) is 27.2 Å². The molecule has 0 radical (unpaired) electrons. The summed E-state index contributed by atoms with van der Waals surface area (Å²) in [5.41, 5.74) is 0. The number of nitrogens with zero attached hydrogens (tertiary/aromatic N) is 1. The van der Waals surface area contributed by atoms with Crippen LogP contribution in [0.25, 0.3) is 0 Å². The molecule has 88 valence electrons. The van der Waals surface area contributed by atoms with Crippen molar-refractivity contribution in [1.29, 1.82) is 0 Å². The molecule has 1 N–H and O–H groups in total. The first-order valence-electron chi connectivity index (χ1n) is 5.76. The van der Waals surface area contributed by atoms with Gasteiger partial charge in [0.25, 0.3) is 0 Å². The van der Waals surface area contributed by atoms with Crippen molar-refractivity contribution in [2.24, 2.45) is 0 Å². The van der Waals surface area contributed by atoms with E-state index in [0.717, 1.165) is 19.6 Å². The SMILES string of the molecule is CCOC(=O)CC(C)N1CCN[C@H](C)C1. The molecule has 0 aliphatic carbocycles. The minimum Gasteiger partial charge on any atom is -0.466 e. The first kappa shape index (κ1) is 12.5. The van der Waals surface area contributed by atoms with Crippen molar-refractivity contribution in [3.63, 3.8) is 0 Å². The molecule has 0 amide bonds. The smallest absolute Gasteiger partial charge is 0.307 e. The number of esters is 1. The fourth-order valence-corrected chi connectivity index (χ4v) is 1.95.